The average molecular weight is 577 g/mol. The summed E-state index contributed by atoms with van der Waals surface area (Å²) in [6.45, 7) is 0.559. The van der Waals surface area contributed by atoms with E-state index in [1.807, 2.05) is 6.07 Å². The summed E-state index contributed by atoms with van der Waals surface area (Å²) >= 11 is 0. The zero-order chi connectivity index (χ0) is 22.4. The third-order valence-electron chi connectivity index (χ3n) is 4.86. The number of carbonyl (C=O) groups is 1. The number of benzene rings is 1. The zero-order valence-corrected chi connectivity index (χ0v) is 20.3. The van der Waals surface area contributed by atoms with Crippen LogP contribution in [0.5, 0.6) is 0 Å². The summed E-state index contributed by atoms with van der Waals surface area (Å²) < 4.78 is 61.3. The van der Waals surface area contributed by atoms with Crippen LogP contribution in [0, 0.1) is 5.92 Å². The summed E-state index contributed by atoms with van der Waals surface area (Å²) in [5.41, 5.74) is -3.84. The van der Waals surface area contributed by atoms with Crippen molar-refractivity contribution in [2.45, 2.75) is 24.9 Å². The summed E-state index contributed by atoms with van der Waals surface area (Å²) in [6.07, 6.45) is 0.654. The van der Waals surface area contributed by atoms with E-state index in [4.69, 9.17) is 0 Å². The molecule has 0 spiro atoms. The maximum atomic E-state index is 12.6. The van der Waals surface area contributed by atoms with E-state index in [1.165, 1.54) is 0 Å². The van der Waals surface area contributed by atoms with Crippen molar-refractivity contribution in [3.05, 3.63) is 35.4 Å². The Morgan fingerprint density at radius 3 is 2.42 bits per heavy atom. The van der Waals surface area contributed by atoms with Crippen LogP contribution >= 0.6 is 24.0 Å². The Bertz CT molecular complexity index is 872. The SMILES string of the molecule is CN=C(NCc1cccc(C(=O)NC)c1)NCC1CCN(S(=O)(=O)C(F)(F)F)CC1.I. The summed E-state index contributed by atoms with van der Waals surface area (Å²) in [6, 6.07) is 7.11. The van der Waals surface area contributed by atoms with Gasteiger partial charge < -0.3 is 16.0 Å². The van der Waals surface area contributed by atoms with Crippen molar-refractivity contribution in [1.29, 1.82) is 0 Å². The second-order valence-electron chi connectivity index (χ2n) is 6.88. The van der Waals surface area contributed by atoms with Crippen LogP contribution in [0.2, 0.25) is 0 Å². The number of nitrogens with zero attached hydrogens (tertiary/aromatic N) is 2. The molecule has 1 aromatic rings. The molecule has 0 aliphatic carbocycles. The molecule has 0 aromatic heterocycles. The fraction of sp³-hybridized carbons (Fsp3) is 0.556. The van der Waals surface area contributed by atoms with E-state index in [2.05, 4.69) is 20.9 Å². The van der Waals surface area contributed by atoms with E-state index in [0.29, 0.717) is 41.8 Å². The van der Waals surface area contributed by atoms with Crippen molar-refractivity contribution < 1.29 is 26.4 Å². The van der Waals surface area contributed by atoms with Crippen LogP contribution in [0.3, 0.4) is 0 Å². The number of nitrogens with one attached hydrogen (secondary N) is 3. The summed E-state index contributed by atoms with van der Waals surface area (Å²) in [5, 5.41) is 8.79. The highest BCUT2D eigenvalue weighted by Gasteiger charge is 2.50. The van der Waals surface area contributed by atoms with E-state index < -0.39 is 15.5 Å². The predicted octanol–water partition coefficient (Wildman–Crippen LogP) is 1.89. The zero-order valence-electron chi connectivity index (χ0n) is 17.2. The number of sulfonamides is 1. The van der Waals surface area contributed by atoms with Gasteiger partial charge in [0.25, 0.3) is 5.91 Å². The molecule has 1 aliphatic heterocycles. The molecule has 0 bridgehead atoms. The van der Waals surface area contributed by atoms with E-state index in [9.17, 15) is 26.4 Å². The van der Waals surface area contributed by atoms with Crippen molar-refractivity contribution in [2.75, 3.05) is 33.7 Å². The molecule has 2 rings (SSSR count). The molecular weight excluding hydrogens is 550 g/mol. The molecule has 0 saturated carbocycles. The molecule has 8 nitrogen and oxygen atoms in total. The van der Waals surface area contributed by atoms with Gasteiger partial charge in [-0.1, -0.05) is 12.1 Å². The van der Waals surface area contributed by atoms with Gasteiger partial charge in [0.2, 0.25) is 0 Å². The number of guanidine groups is 1. The molecule has 0 radical (unpaired) electrons. The first-order valence-electron chi connectivity index (χ1n) is 9.40. The molecule has 0 atom stereocenters. The Hall–Kier alpha value is -1.61. The lowest BCUT2D eigenvalue weighted by Gasteiger charge is -2.31. The Morgan fingerprint density at radius 1 is 1.23 bits per heavy atom. The maximum absolute atomic E-state index is 12.6. The van der Waals surface area contributed by atoms with Crippen molar-refractivity contribution in [2.24, 2.45) is 10.9 Å². The summed E-state index contributed by atoms with van der Waals surface area (Å²) in [7, 11) is -2.11. The summed E-state index contributed by atoms with van der Waals surface area (Å²) in [5.74, 6) is 0.351. The molecule has 1 aliphatic rings. The van der Waals surface area contributed by atoms with Crippen molar-refractivity contribution in [1.82, 2.24) is 20.3 Å². The first-order chi connectivity index (χ1) is 14.1. The van der Waals surface area contributed by atoms with Gasteiger partial charge in [-0.15, -0.1) is 24.0 Å². The van der Waals surface area contributed by atoms with Crippen LogP contribution in [-0.2, 0) is 16.6 Å². The quantitative estimate of drug-likeness (QED) is 0.273. The molecule has 1 amide bonds. The molecule has 3 N–H and O–H groups in total. The fourth-order valence-electron chi connectivity index (χ4n) is 3.11. The number of halogens is 4. The van der Waals surface area contributed by atoms with Gasteiger partial charge in [0, 0.05) is 45.8 Å². The molecule has 1 aromatic carbocycles. The van der Waals surface area contributed by atoms with Crippen LogP contribution in [0.25, 0.3) is 0 Å². The van der Waals surface area contributed by atoms with Gasteiger partial charge >= 0.3 is 15.5 Å². The normalized spacial score (nSPS) is 16.4. The molecule has 1 heterocycles. The van der Waals surface area contributed by atoms with Crippen LogP contribution in [0.15, 0.2) is 29.3 Å². The van der Waals surface area contributed by atoms with Crippen molar-refractivity contribution in [3.63, 3.8) is 0 Å². The first kappa shape index (κ1) is 27.4. The monoisotopic (exact) mass is 577 g/mol. The Morgan fingerprint density at radius 2 is 1.87 bits per heavy atom. The van der Waals surface area contributed by atoms with Gasteiger partial charge in [-0.3, -0.25) is 9.79 Å². The van der Waals surface area contributed by atoms with Gasteiger partial charge in [0.1, 0.15) is 0 Å². The number of hydrogen-bond acceptors (Lipinski definition) is 4. The van der Waals surface area contributed by atoms with E-state index in [-0.39, 0.29) is 48.9 Å². The highest BCUT2D eigenvalue weighted by Crippen LogP contribution is 2.30. The van der Waals surface area contributed by atoms with Crippen LogP contribution < -0.4 is 16.0 Å². The minimum absolute atomic E-state index is 0. The van der Waals surface area contributed by atoms with Crippen LogP contribution in [-0.4, -0.2) is 63.8 Å². The lowest BCUT2D eigenvalue weighted by Crippen LogP contribution is -2.47. The van der Waals surface area contributed by atoms with Gasteiger partial charge in [-0.05, 0) is 36.5 Å². The lowest BCUT2D eigenvalue weighted by atomic mass is 9.98. The Labute approximate surface area is 197 Å². The second-order valence-corrected chi connectivity index (χ2v) is 8.81. The third-order valence-corrected chi connectivity index (χ3v) is 6.49. The first-order valence-corrected chi connectivity index (χ1v) is 10.8. The Balaban J connectivity index is 0.00000480. The van der Waals surface area contributed by atoms with Crippen LogP contribution in [0.4, 0.5) is 13.2 Å². The number of piperidine rings is 1. The topological polar surface area (TPSA) is 103 Å². The molecule has 1 fully saturated rings. The molecular formula is C18H27F3IN5O3S. The Kier molecular flexibility index (Phi) is 10.5. The smallest absolute Gasteiger partial charge is 0.356 e. The molecule has 13 heteroatoms. The largest absolute Gasteiger partial charge is 0.511 e. The van der Waals surface area contributed by atoms with Crippen LogP contribution in [0.1, 0.15) is 28.8 Å². The van der Waals surface area contributed by atoms with Crippen molar-refractivity contribution in [3.8, 4) is 0 Å². The van der Waals surface area contributed by atoms with Gasteiger partial charge in [-0.2, -0.15) is 17.5 Å². The molecule has 1 saturated heterocycles. The minimum atomic E-state index is -5.26. The molecule has 0 unspecified atom stereocenters. The van der Waals surface area contributed by atoms with E-state index in [1.54, 1.807) is 32.3 Å². The molecule has 31 heavy (non-hydrogen) atoms. The fourth-order valence-corrected chi connectivity index (χ4v) is 4.10. The number of amides is 1. The minimum Gasteiger partial charge on any atom is -0.356 e. The van der Waals surface area contributed by atoms with E-state index >= 15 is 0 Å². The van der Waals surface area contributed by atoms with Gasteiger partial charge in [-0.25, -0.2) is 8.42 Å². The van der Waals surface area contributed by atoms with Crippen molar-refractivity contribution >= 4 is 45.9 Å². The highest BCUT2D eigenvalue weighted by molar-refractivity contribution is 14.0. The highest BCUT2D eigenvalue weighted by atomic mass is 127. The van der Waals surface area contributed by atoms with Gasteiger partial charge in [0.05, 0.1) is 0 Å². The number of alkyl halides is 3. The maximum Gasteiger partial charge on any atom is 0.511 e. The number of rotatable bonds is 6. The summed E-state index contributed by atoms with van der Waals surface area (Å²) in [4.78, 5) is 15.8. The number of aliphatic imine (C=N–C) groups is 1. The lowest BCUT2D eigenvalue weighted by molar-refractivity contribution is -0.0496. The molecule has 176 valence electrons. The third kappa shape index (κ3) is 7.49. The second kappa shape index (κ2) is 11.9. The van der Waals surface area contributed by atoms with E-state index in [0.717, 1.165) is 5.56 Å². The van der Waals surface area contributed by atoms with Gasteiger partial charge in [0.15, 0.2) is 5.96 Å². The average Bonchev–Trinajstić information content (AvgIpc) is 2.73. The number of carbonyl (C=O) groups excluding carboxylic acids is 1. The standard InChI is InChI=1S/C18H26F3N5O3S.HI/c1-22-16(27)15-5-3-4-14(10-15)12-25-17(23-2)24-11-13-6-8-26(9-7-13)30(28,29)18(19,20)21;/h3-5,10,13H,6-9,11-12H2,1-2H3,(H,22,27)(H2,23,24,25);1H. The number of hydrogen-bond donors (Lipinski definition) is 3. The predicted molar refractivity (Wildman–Crippen MR) is 123 cm³/mol.